The Kier molecular flexibility index (Phi) is 4.42. The summed E-state index contributed by atoms with van der Waals surface area (Å²) in [6.45, 7) is 4.14. The van der Waals surface area contributed by atoms with E-state index in [4.69, 9.17) is 10.6 Å². The number of nitrogens with zero attached hydrogens (tertiary/aromatic N) is 2. The Morgan fingerprint density at radius 1 is 1.40 bits per heavy atom. The van der Waals surface area contributed by atoms with Crippen molar-refractivity contribution in [2.45, 2.75) is 26.3 Å². The molecule has 0 fully saturated rings. The largest absolute Gasteiger partial charge is 0.496 e. The second-order valence-electron chi connectivity index (χ2n) is 4.88. The van der Waals surface area contributed by atoms with Crippen LogP contribution in [0.1, 0.15) is 35.5 Å². The van der Waals surface area contributed by atoms with E-state index in [-0.39, 0.29) is 6.04 Å². The van der Waals surface area contributed by atoms with Gasteiger partial charge in [-0.25, -0.2) is 5.43 Å². The van der Waals surface area contributed by atoms with Crippen molar-refractivity contribution in [1.82, 2.24) is 15.2 Å². The molecule has 0 aliphatic heterocycles. The van der Waals surface area contributed by atoms with Crippen LogP contribution in [0.2, 0.25) is 0 Å². The number of nitrogens with two attached hydrogens (primary N) is 1. The fraction of sp³-hybridized carbons (Fsp3) is 0.400. The van der Waals surface area contributed by atoms with Crippen LogP contribution in [0, 0.1) is 6.92 Å². The van der Waals surface area contributed by atoms with E-state index in [1.807, 2.05) is 23.9 Å². The van der Waals surface area contributed by atoms with Gasteiger partial charge in [-0.15, -0.1) is 0 Å². The Morgan fingerprint density at radius 3 is 2.70 bits per heavy atom. The monoisotopic (exact) mass is 274 g/mol. The summed E-state index contributed by atoms with van der Waals surface area (Å²) in [4.78, 5) is 0. The first-order chi connectivity index (χ1) is 9.60. The highest BCUT2D eigenvalue weighted by Gasteiger charge is 2.21. The molecule has 0 aliphatic carbocycles. The van der Waals surface area contributed by atoms with E-state index in [1.165, 1.54) is 5.56 Å². The summed E-state index contributed by atoms with van der Waals surface area (Å²) in [6, 6.07) is 8.00. The van der Waals surface area contributed by atoms with Gasteiger partial charge in [-0.05, 0) is 25.5 Å². The van der Waals surface area contributed by atoms with Crippen molar-refractivity contribution in [3.63, 3.8) is 0 Å². The molecule has 0 radical (unpaired) electrons. The van der Waals surface area contributed by atoms with Crippen molar-refractivity contribution in [2.75, 3.05) is 7.11 Å². The Morgan fingerprint density at radius 2 is 2.15 bits per heavy atom. The smallest absolute Gasteiger partial charge is 0.124 e. The second-order valence-corrected chi connectivity index (χ2v) is 4.88. The molecule has 0 aliphatic rings. The van der Waals surface area contributed by atoms with Crippen molar-refractivity contribution in [3.05, 3.63) is 46.8 Å². The molecule has 5 nitrogen and oxygen atoms in total. The highest BCUT2D eigenvalue weighted by atomic mass is 16.5. The van der Waals surface area contributed by atoms with Gasteiger partial charge in [-0.2, -0.15) is 5.10 Å². The minimum atomic E-state index is -0.150. The van der Waals surface area contributed by atoms with Crippen molar-refractivity contribution in [3.8, 4) is 5.75 Å². The van der Waals surface area contributed by atoms with Crippen molar-refractivity contribution in [1.29, 1.82) is 0 Å². The number of hydrazine groups is 1. The topological polar surface area (TPSA) is 65.1 Å². The van der Waals surface area contributed by atoms with Gasteiger partial charge in [-0.1, -0.05) is 24.6 Å². The van der Waals surface area contributed by atoms with Crippen LogP contribution in [-0.2, 0) is 13.5 Å². The Balaban J connectivity index is 2.51. The molecule has 0 saturated carbocycles. The minimum absolute atomic E-state index is 0.150. The van der Waals surface area contributed by atoms with Crippen molar-refractivity contribution >= 4 is 0 Å². The summed E-state index contributed by atoms with van der Waals surface area (Å²) < 4.78 is 7.32. The molecule has 0 bridgehead atoms. The number of ether oxygens (including phenoxy) is 1. The number of hydrogen-bond donors (Lipinski definition) is 2. The maximum absolute atomic E-state index is 5.78. The van der Waals surface area contributed by atoms with Crippen molar-refractivity contribution < 1.29 is 4.74 Å². The third-order valence-corrected chi connectivity index (χ3v) is 3.49. The van der Waals surface area contributed by atoms with Crippen LogP contribution in [0.5, 0.6) is 5.75 Å². The zero-order valence-electron chi connectivity index (χ0n) is 12.5. The molecule has 0 saturated heterocycles. The average molecular weight is 274 g/mol. The van der Waals surface area contributed by atoms with Gasteiger partial charge in [0, 0.05) is 12.6 Å². The fourth-order valence-electron chi connectivity index (χ4n) is 2.40. The third-order valence-electron chi connectivity index (χ3n) is 3.49. The van der Waals surface area contributed by atoms with Gasteiger partial charge in [0.1, 0.15) is 5.75 Å². The number of nitrogens with one attached hydrogen (secondary N) is 1. The predicted octanol–water partition coefficient (Wildman–Crippen LogP) is 1.85. The lowest BCUT2D eigenvalue weighted by atomic mass is 10.0. The van der Waals surface area contributed by atoms with E-state index in [2.05, 4.69) is 36.5 Å². The van der Waals surface area contributed by atoms with Crippen LogP contribution < -0.4 is 16.0 Å². The average Bonchev–Trinajstić information content (AvgIpc) is 2.81. The quantitative estimate of drug-likeness (QED) is 0.645. The molecule has 3 N–H and O–H groups in total. The van der Waals surface area contributed by atoms with Gasteiger partial charge in [0.2, 0.25) is 0 Å². The molecular weight excluding hydrogens is 252 g/mol. The molecule has 5 heteroatoms. The maximum atomic E-state index is 5.78. The van der Waals surface area contributed by atoms with E-state index < -0.39 is 0 Å². The van der Waals surface area contributed by atoms with Crippen molar-refractivity contribution in [2.24, 2.45) is 12.9 Å². The molecule has 1 aromatic carbocycles. The SMILES string of the molecule is CCc1cc(C(NN)c2cc(C)ccc2OC)n(C)n1. The number of hydrogen-bond acceptors (Lipinski definition) is 4. The van der Waals surface area contributed by atoms with Gasteiger partial charge in [0.15, 0.2) is 0 Å². The molecule has 20 heavy (non-hydrogen) atoms. The lowest BCUT2D eigenvalue weighted by Crippen LogP contribution is -2.30. The molecule has 0 spiro atoms. The van der Waals surface area contributed by atoms with Crippen LogP contribution in [0.3, 0.4) is 0 Å². The lowest BCUT2D eigenvalue weighted by Gasteiger charge is -2.20. The summed E-state index contributed by atoms with van der Waals surface area (Å²) in [5, 5.41) is 4.48. The zero-order chi connectivity index (χ0) is 14.7. The summed E-state index contributed by atoms with van der Waals surface area (Å²) in [5.41, 5.74) is 7.13. The lowest BCUT2D eigenvalue weighted by molar-refractivity contribution is 0.402. The van der Waals surface area contributed by atoms with E-state index in [0.717, 1.165) is 29.1 Å². The summed E-state index contributed by atoms with van der Waals surface area (Å²) in [6.07, 6.45) is 0.899. The Bertz CT molecular complexity index is 592. The van der Waals surface area contributed by atoms with Gasteiger partial charge >= 0.3 is 0 Å². The molecule has 1 heterocycles. The van der Waals surface area contributed by atoms with Crippen LogP contribution >= 0.6 is 0 Å². The first-order valence-electron chi connectivity index (χ1n) is 6.74. The van der Waals surface area contributed by atoms with Gasteiger partial charge in [0.05, 0.1) is 24.5 Å². The minimum Gasteiger partial charge on any atom is -0.496 e. The molecule has 2 aromatic rings. The van der Waals surface area contributed by atoms with Crippen LogP contribution in [0.15, 0.2) is 24.3 Å². The second kappa shape index (κ2) is 6.07. The van der Waals surface area contributed by atoms with Crippen LogP contribution in [0.4, 0.5) is 0 Å². The molecule has 0 amide bonds. The summed E-state index contributed by atoms with van der Waals surface area (Å²) >= 11 is 0. The zero-order valence-corrected chi connectivity index (χ0v) is 12.5. The van der Waals surface area contributed by atoms with E-state index in [0.29, 0.717) is 0 Å². The number of methoxy groups -OCH3 is 1. The third kappa shape index (κ3) is 2.69. The first-order valence-corrected chi connectivity index (χ1v) is 6.74. The Labute approximate surface area is 119 Å². The van der Waals surface area contributed by atoms with Crippen LogP contribution in [0.25, 0.3) is 0 Å². The highest BCUT2D eigenvalue weighted by molar-refractivity contribution is 5.42. The molecular formula is C15H22N4O. The normalized spacial score (nSPS) is 12.4. The standard InChI is InChI=1S/C15H22N4O/c1-5-11-9-13(19(3)18-11)15(17-16)12-8-10(2)6-7-14(12)20-4/h6-9,15,17H,5,16H2,1-4H3. The maximum Gasteiger partial charge on any atom is 0.124 e. The van der Waals surface area contributed by atoms with Gasteiger partial charge in [0.25, 0.3) is 0 Å². The predicted molar refractivity (Wildman–Crippen MR) is 79.5 cm³/mol. The summed E-state index contributed by atoms with van der Waals surface area (Å²) in [7, 11) is 3.60. The van der Waals surface area contributed by atoms with Gasteiger partial charge in [-0.3, -0.25) is 10.5 Å². The Hall–Kier alpha value is -1.85. The molecule has 1 unspecified atom stereocenters. The molecule has 1 atom stereocenters. The fourth-order valence-corrected chi connectivity index (χ4v) is 2.40. The van der Waals surface area contributed by atoms with E-state index in [9.17, 15) is 0 Å². The number of benzene rings is 1. The molecule has 108 valence electrons. The van der Waals surface area contributed by atoms with E-state index >= 15 is 0 Å². The molecule has 1 aromatic heterocycles. The van der Waals surface area contributed by atoms with Crippen LogP contribution in [-0.4, -0.2) is 16.9 Å². The van der Waals surface area contributed by atoms with E-state index in [1.54, 1.807) is 7.11 Å². The number of aromatic nitrogens is 2. The van der Waals surface area contributed by atoms with Gasteiger partial charge < -0.3 is 4.74 Å². The number of rotatable bonds is 5. The highest BCUT2D eigenvalue weighted by Crippen LogP contribution is 2.30. The summed E-state index contributed by atoms with van der Waals surface area (Å²) in [5.74, 6) is 6.60. The first kappa shape index (κ1) is 14.6. The molecule has 2 rings (SSSR count). The number of aryl methyl sites for hydroxylation is 3.